The summed E-state index contributed by atoms with van der Waals surface area (Å²) in [5, 5.41) is 17.2. The molecule has 0 heterocycles. The van der Waals surface area contributed by atoms with Crippen LogP contribution in [0, 0.1) is 17.2 Å². The second kappa shape index (κ2) is 6.18. The lowest BCUT2D eigenvalue weighted by molar-refractivity contribution is -0.138. The number of alkyl halides is 3. The molecule has 0 bridgehead atoms. The van der Waals surface area contributed by atoms with E-state index >= 15 is 0 Å². The van der Waals surface area contributed by atoms with Gasteiger partial charge in [-0.25, -0.2) is 0 Å². The van der Waals surface area contributed by atoms with Gasteiger partial charge in [0, 0.05) is 4.90 Å². The zero-order chi connectivity index (χ0) is 15.5. The summed E-state index contributed by atoms with van der Waals surface area (Å²) in [5.41, 5.74) is -1.09. The van der Waals surface area contributed by atoms with Crippen LogP contribution in [0.3, 0.4) is 0 Å². The third kappa shape index (κ3) is 3.90. The second-order valence-corrected chi connectivity index (χ2v) is 5.62. The van der Waals surface area contributed by atoms with E-state index in [1.807, 2.05) is 0 Å². The van der Waals surface area contributed by atoms with Crippen molar-refractivity contribution in [3.05, 3.63) is 29.3 Å². The number of halogens is 3. The molecule has 3 nitrogen and oxygen atoms in total. The predicted octanol–water partition coefficient (Wildman–Crippen LogP) is 3.78. The third-order valence-electron chi connectivity index (χ3n) is 2.53. The molecule has 1 aromatic carbocycles. The lowest BCUT2D eigenvalue weighted by atomic mass is 10.1. The molecule has 0 radical (unpaired) electrons. The highest BCUT2D eigenvalue weighted by Crippen LogP contribution is 2.35. The van der Waals surface area contributed by atoms with Crippen molar-refractivity contribution < 1.29 is 23.1 Å². The van der Waals surface area contributed by atoms with Crippen molar-refractivity contribution in [2.75, 3.05) is 0 Å². The molecule has 1 atom stereocenters. The summed E-state index contributed by atoms with van der Waals surface area (Å²) in [4.78, 5) is 11.3. The number of thioether (sulfide) groups is 1. The predicted molar refractivity (Wildman–Crippen MR) is 68.3 cm³/mol. The van der Waals surface area contributed by atoms with E-state index in [1.54, 1.807) is 19.9 Å². The number of aliphatic carboxylic acids is 1. The molecule has 0 spiro atoms. The first-order valence-corrected chi connectivity index (χ1v) is 6.55. The average molecular weight is 303 g/mol. The number of carbonyl (C=O) groups is 1. The summed E-state index contributed by atoms with van der Waals surface area (Å²) in [6.07, 6.45) is -4.53. The Morgan fingerprint density at radius 3 is 2.40 bits per heavy atom. The van der Waals surface area contributed by atoms with Crippen LogP contribution in [-0.4, -0.2) is 16.3 Å². The van der Waals surface area contributed by atoms with E-state index < -0.39 is 23.0 Å². The zero-order valence-corrected chi connectivity index (χ0v) is 11.5. The maximum absolute atomic E-state index is 12.5. The number of nitrogens with zero attached hydrogens (tertiary/aromatic N) is 1. The van der Waals surface area contributed by atoms with Gasteiger partial charge in [0.15, 0.2) is 0 Å². The zero-order valence-electron chi connectivity index (χ0n) is 10.7. The Balaban J connectivity index is 3.14. The smallest absolute Gasteiger partial charge is 0.416 e. The topological polar surface area (TPSA) is 61.1 Å². The first-order valence-electron chi connectivity index (χ1n) is 5.67. The number of hydrogen-bond donors (Lipinski definition) is 1. The van der Waals surface area contributed by atoms with Crippen LogP contribution < -0.4 is 0 Å². The molecule has 108 valence electrons. The van der Waals surface area contributed by atoms with Crippen molar-refractivity contribution in [2.24, 2.45) is 5.92 Å². The molecular formula is C13H12F3NO2S. The molecule has 7 heteroatoms. The molecule has 1 N–H and O–H groups in total. The van der Waals surface area contributed by atoms with Crippen molar-refractivity contribution in [1.82, 2.24) is 0 Å². The number of carboxylic acid groups (broad SMARTS) is 1. The molecular weight excluding hydrogens is 291 g/mol. The minimum absolute atomic E-state index is 0.170. The van der Waals surface area contributed by atoms with E-state index in [4.69, 9.17) is 10.4 Å². The van der Waals surface area contributed by atoms with Gasteiger partial charge >= 0.3 is 12.1 Å². The molecule has 0 aliphatic rings. The number of benzene rings is 1. The van der Waals surface area contributed by atoms with Gasteiger partial charge in [0.1, 0.15) is 11.3 Å². The van der Waals surface area contributed by atoms with Gasteiger partial charge in [-0.15, -0.1) is 11.8 Å². The third-order valence-corrected chi connectivity index (χ3v) is 4.14. The Morgan fingerprint density at radius 2 is 2.00 bits per heavy atom. The lowest BCUT2D eigenvalue weighted by Gasteiger charge is -2.17. The Labute approximate surface area is 118 Å². The van der Waals surface area contributed by atoms with Crippen molar-refractivity contribution in [2.45, 2.75) is 30.2 Å². The van der Waals surface area contributed by atoms with Crippen LogP contribution in [0.25, 0.3) is 0 Å². The molecule has 0 fully saturated rings. The monoisotopic (exact) mass is 303 g/mol. The maximum Gasteiger partial charge on any atom is 0.416 e. The molecule has 20 heavy (non-hydrogen) atoms. The maximum atomic E-state index is 12.5. The summed E-state index contributed by atoms with van der Waals surface area (Å²) in [5.74, 6) is -1.28. The lowest BCUT2D eigenvalue weighted by Crippen LogP contribution is -2.22. The number of carboxylic acids is 1. The Hall–Kier alpha value is -1.68. The highest BCUT2D eigenvalue weighted by molar-refractivity contribution is 8.00. The average Bonchev–Trinajstić information content (AvgIpc) is 2.33. The van der Waals surface area contributed by atoms with Crippen molar-refractivity contribution in [3.8, 4) is 6.07 Å². The molecule has 1 aromatic rings. The molecule has 0 saturated heterocycles. The van der Waals surface area contributed by atoms with Crippen LogP contribution in [0.15, 0.2) is 23.1 Å². The fraction of sp³-hybridized carbons (Fsp3) is 0.385. The van der Waals surface area contributed by atoms with Crippen LogP contribution >= 0.6 is 11.8 Å². The Morgan fingerprint density at radius 1 is 1.40 bits per heavy atom. The van der Waals surface area contributed by atoms with Crippen LogP contribution in [0.4, 0.5) is 13.2 Å². The minimum atomic E-state index is -4.53. The van der Waals surface area contributed by atoms with Gasteiger partial charge in [-0.3, -0.25) is 4.79 Å². The van der Waals surface area contributed by atoms with E-state index in [9.17, 15) is 18.0 Å². The molecule has 0 aliphatic carbocycles. The SMILES string of the molecule is CC(C)C(Sc1ccc(C(F)(F)F)cc1C#N)C(=O)O. The molecule has 0 aliphatic heterocycles. The summed E-state index contributed by atoms with van der Waals surface area (Å²) < 4.78 is 37.6. The Kier molecular flexibility index (Phi) is 5.06. The second-order valence-electron chi connectivity index (χ2n) is 4.44. The van der Waals surface area contributed by atoms with Gasteiger partial charge in [0.2, 0.25) is 0 Å². The number of nitriles is 1. The molecule has 0 amide bonds. The van der Waals surface area contributed by atoms with E-state index in [-0.39, 0.29) is 16.4 Å². The highest BCUT2D eigenvalue weighted by Gasteiger charge is 2.32. The van der Waals surface area contributed by atoms with E-state index in [1.165, 1.54) is 0 Å². The standard InChI is InChI=1S/C13H12F3NO2S/c1-7(2)11(12(18)19)20-10-4-3-9(13(14,15)16)5-8(10)6-17/h3-5,7,11H,1-2H3,(H,18,19). The summed E-state index contributed by atoms with van der Waals surface area (Å²) >= 11 is 0.886. The van der Waals surface area contributed by atoms with Gasteiger partial charge in [-0.05, 0) is 24.1 Å². The largest absolute Gasteiger partial charge is 0.480 e. The van der Waals surface area contributed by atoms with Crippen LogP contribution in [0.1, 0.15) is 25.0 Å². The molecule has 1 unspecified atom stereocenters. The molecule has 1 rings (SSSR count). The van der Waals surface area contributed by atoms with Gasteiger partial charge in [0.05, 0.1) is 11.1 Å². The van der Waals surface area contributed by atoms with Crippen LogP contribution in [0.5, 0.6) is 0 Å². The van der Waals surface area contributed by atoms with Crippen molar-refractivity contribution in [1.29, 1.82) is 5.26 Å². The van der Waals surface area contributed by atoms with Crippen LogP contribution in [-0.2, 0) is 11.0 Å². The quantitative estimate of drug-likeness (QED) is 0.860. The van der Waals surface area contributed by atoms with Crippen molar-refractivity contribution >= 4 is 17.7 Å². The van der Waals surface area contributed by atoms with Gasteiger partial charge < -0.3 is 5.11 Å². The van der Waals surface area contributed by atoms with Gasteiger partial charge in [0.25, 0.3) is 0 Å². The fourth-order valence-corrected chi connectivity index (χ4v) is 2.53. The first-order chi connectivity index (χ1) is 9.16. The highest BCUT2D eigenvalue weighted by atomic mass is 32.2. The molecule has 0 saturated carbocycles. The first kappa shape index (κ1) is 16.4. The summed E-state index contributed by atoms with van der Waals surface area (Å²) in [6, 6.07) is 4.41. The van der Waals surface area contributed by atoms with Gasteiger partial charge in [-0.1, -0.05) is 13.8 Å². The molecule has 0 aromatic heterocycles. The van der Waals surface area contributed by atoms with E-state index in [2.05, 4.69) is 0 Å². The van der Waals surface area contributed by atoms with Gasteiger partial charge in [-0.2, -0.15) is 18.4 Å². The fourth-order valence-electron chi connectivity index (χ4n) is 1.50. The normalized spacial score (nSPS) is 13.1. The van der Waals surface area contributed by atoms with E-state index in [0.29, 0.717) is 0 Å². The summed E-state index contributed by atoms with van der Waals surface area (Å²) in [6.45, 7) is 3.39. The Bertz CT molecular complexity index is 550. The number of rotatable bonds is 4. The van der Waals surface area contributed by atoms with E-state index in [0.717, 1.165) is 30.0 Å². The van der Waals surface area contributed by atoms with Crippen LogP contribution in [0.2, 0.25) is 0 Å². The number of hydrogen-bond acceptors (Lipinski definition) is 3. The van der Waals surface area contributed by atoms with Crippen molar-refractivity contribution in [3.63, 3.8) is 0 Å². The minimum Gasteiger partial charge on any atom is -0.480 e. The summed E-state index contributed by atoms with van der Waals surface area (Å²) in [7, 11) is 0.